The number of amides is 1. The lowest BCUT2D eigenvalue weighted by atomic mass is 10.2. The average molecular weight is 276 g/mol. The van der Waals surface area contributed by atoms with E-state index < -0.39 is 0 Å². The Balaban J connectivity index is 2.35. The van der Waals surface area contributed by atoms with Crippen LogP contribution >= 0.6 is 11.3 Å². The van der Waals surface area contributed by atoms with E-state index in [4.69, 9.17) is 10.5 Å². The van der Waals surface area contributed by atoms with E-state index >= 15 is 0 Å². The van der Waals surface area contributed by atoms with Gasteiger partial charge in [-0.1, -0.05) is 6.07 Å². The molecular weight excluding hydrogens is 260 g/mol. The topological polar surface area (TPSA) is 55.6 Å². The van der Waals surface area contributed by atoms with Gasteiger partial charge in [-0.15, -0.1) is 11.3 Å². The smallest absolute Gasteiger partial charge is 0.272 e. The van der Waals surface area contributed by atoms with Gasteiger partial charge < -0.3 is 15.4 Å². The molecule has 0 saturated heterocycles. The van der Waals surface area contributed by atoms with Crippen LogP contribution in [-0.2, 0) is 0 Å². The first-order valence-electron chi connectivity index (χ1n) is 5.96. The predicted octanol–water partition coefficient (Wildman–Crippen LogP) is 3.01. The van der Waals surface area contributed by atoms with Gasteiger partial charge in [-0.25, -0.2) is 0 Å². The molecule has 2 aromatic rings. The van der Waals surface area contributed by atoms with Gasteiger partial charge in [-0.3, -0.25) is 4.79 Å². The molecule has 0 aliphatic carbocycles. The van der Waals surface area contributed by atoms with Crippen molar-refractivity contribution in [2.45, 2.75) is 6.92 Å². The van der Waals surface area contributed by atoms with Crippen LogP contribution < -0.4 is 15.4 Å². The van der Waals surface area contributed by atoms with Gasteiger partial charge in [0.1, 0.15) is 10.6 Å². The molecule has 0 spiro atoms. The summed E-state index contributed by atoms with van der Waals surface area (Å²) in [4.78, 5) is 14.8. The summed E-state index contributed by atoms with van der Waals surface area (Å²) in [6.45, 7) is 2.50. The lowest BCUT2D eigenvalue weighted by molar-refractivity contribution is 0.0989. The lowest BCUT2D eigenvalue weighted by Gasteiger charge is -2.21. The van der Waals surface area contributed by atoms with Crippen LogP contribution in [0.25, 0.3) is 0 Å². The monoisotopic (exact) mass is 276 g/mol. The van der Waals surface area contributed by atoms with E-state index in [1.54, 1.807) is 30.2 Å². The fourth-order valence-electron chi connectivity index (χ4n) is 1.87. The van der Waals surface area contributed by atoms with Gasteiger partial charge in [0.2, 0.25) is 0 Å². The zero-order chi connectivity index (χ0) is 13.8. The first-order chi connectivity index (χ1) is 9.17. The molecule has 0 saturated carbocycles. The number of ether oxygens (including phenoxy) is 1. The van der Waals surface area contributed by atoms with E-state index in [9.17, 15) is 4.79 Å². The third-order valence-corrected chi connectivity index (χ3v) is 3.67. The summed E-state index contributed by atoms with van der Waals surface area (Å²) in [6, 6.07) is 9.10. The number of anilines is 2. The van der Waals surface area contributed by atoms with Crippen LogP contribution in [0.5, 0.6) is 5.75 Å². The third-order valence-electron chi connectivity index (χ3n) is 2.79. The van der Waals surface area contributed by atoms with Gasteiger partial charge >= 0.3 is 0 Å². The highest BCUT2D eigenvalue weighted by molar-refractivity contribution is 7.12. The summed E-state index contributed by atoms with van der Waals surface area (Å²) >= 11 is 1.38. The SMILES string of the molecule is CCN(C(=O)c1sccc1OC)c1cccc(N)c1. The minimum Gasteiger partial charge on any atom is -0.495 e. The van der Waals surface area contributed by atoms with E-state index in [2.05, 4.69) is 0 Å². The normalized spacial score (nSPS) is 10.2. The molecule has 1 aromatic heterocycles. The number of nitrogens with two attached hydrogens (primary N) is 1. The summed E-state index contributed by atoms with van der Waals surface area (Å²) in [5, 5.41) is 1.85. The maximum absolute atomic E-state index is 12.5. The van der Waals surface area contributed by atoms with E-state index in [-0.39, 0.29) is 5.91 Å². The van der Waals surface area contributed by atoms with Crippen molar-refractivity contribution in [1.82, 2.24) is 0 Å². The van der Waals surface area contributed by atoms with Gasteiger partial charge in [0.05, 0.1) is 7.11 Å². The Morgan fingerprint density at radius 1 is 1.42 bits per heavy atom. The number of carbonyl (C=O) groups is 1. The second kappa shape index (κ2) is 5.75. The molecule has 0 aliphatic heterocycles. The summed E-state index contributed by atoms with van der Waals surface area (Å²) < 4.78 is 5.20. The molecule has 19 heavy (non-hydrogen) atoms. The molecule has 2 N–H and O–H groups in total. The third kappa shape index (κ3) is 2.71. The second-order valence-electron chi connectivity index (χ2n) is 3.96. The Morgan fingerprint density at radius 3 is 2.84 bits per heavy atom. The largest absolute Gasteiger partial charge is 0.495 e. The van der Waals surface area contributed by atoms with Gasteiger partial charge in [-0.05, 0) is 36.6 Å². The van der Waals surface area contributed by atoms with Crippen molar-refractivity contribution in [2.75, 3.05) is 24.3 Å². The van der Waals surface area contributed by atoms with E-state index in [1.165, 1.54) is 11.3 Å². The Morgan fingerprint density at radius 2 is 2.21 bits per heavy atom. The van der Waals surface area contributed by atoms with Crippen LogP contribution in [0, 0.1) is 0 Å². The van der Waals surface area contributed by atoms with Gasteiger partial charge in [0, 0.05) is 17.9 Å². The molecule has 1 heterocycles. The Labute approximate surface area is 116 Å². The number of nitrogens with zero attached hydrogens (tertiary/aromatic N) is 1. The van der Waals surface area contributed by atoms with Crippen LogP contribution in [-0.4, -0.2) is 19.6 Å². The number of thiophene rings is 1. The first-order valence-corrected chi connectivity index (χ1v) is 6.84. The van der Waals surface area contributed by atoms with Crippen LogP contribution in [0.15, 0.2) is 35.7 Å². The van der Waals surface area contributed by atoms with Crippen molar-refractivity contribution >= 4 is 28.6 Å². The van der Waals surface area contributed by atoms with Gasteiger partial charge in [0.15, 0.2) is 0 Å². The van der Waals surface area contributed by atoms with Crippen molar-refractivity contribution in [3.8, 4) is 5.75 Å². The number of nitrogen functional groups attached to an aromatic ring is 1. The quantitative estimate of drug-likeness (QED) is 0.873. The lowest BCUT2D eigenvalue weighted by Crippen LogP contribution is -2.30. The molecule has 4 nitrogen and oxygen atoms in total. The van der Waals surface area contributed by atoms with Crippen molar-refractivity contribution in [2.24, 2.45) is 0 Å². The predicted molar refractivity (Wildman–Crippen MR) is 79.1 cm³/mol. The maximum Gasteiger partial charge on any atom is 0.272 e. The second-order valence-corrected chi connectivity index (χ2v) is 4.88. The highest BCUT2D eigenvalue weighted by atomic mass is 32.1. The van der Waals surface area contributed by atoms with Crippen LogP contribution in [0.1, 0.15) is 16.6 Å². The maximum atomic E-state index is 12.5. The zero-order valence-corrected chi connectivity index (χ0v) is 11.7. The van der Waals surface area contributed by atoms with Crippen molar-refractivity contribution in [3.05, 3.63) is 40.6 Å². The van der Waals surface area contributed by atoms with Gasteiger partial charge in [0.25, 0.3) is 5.91 Å². The highest BCUT2D eigenvalue weighted by Gasteiger charge is 2.21. The minimum absolute atomic E-state index is 0.0695. The Bertz CT molecular complexity index is 580. The molecule has 1 amide bonds. The molecule has 1 aromatic carbocycles. The number of hydrogen-bond acceptors (Lipinski definition) is 4. The van der Waals surface area contributed by atoms with E-state index in [0.29, 0.717) is 22.9 Å². The van der Waals surface area contributed by atoms with E-state index in [1.807, 2.05) is 24.4 Å². The Hall–Kier alpha value is -2.01. The summed E-state index contributed by atoms with van der Waals surface area (Å²) in [7, 11) is 1.57. The van der Waals surface area contributed by atoms with Crippen molar-refractivity contribution in [1.29, 1.82) is 0 Å². The van der Waals surface area contributed by atoms with Crippen LogP contribution in [0.4, 0.5) is 11.4 Å². The molecule has 0 fully saturated rings. The number of benzene rings is 1. The van der Waals surface area contributed by atoms with Gasteiger partial charge in [-0.2, -0.15) is 0 Å². The standard InChI is InChI=1S/C14H16N2O2S/c1-3-16(11-6-4-5-10(15)9-11)14(17)13-12(18-2)7-8-19-13/h4-9H,3,15H2,1-2H3. The van der Waals surface area contributed by atoms with Crippen molar-refractivity contribution in [3.63, 3.8) is 0 Å². The average Bonchev–Trinajstić information content (AvgIpc) is 2.87. The number of carbonyl (C=O) groups excluding carboxylic acids is 1. The van der Waals surface area contributed by atoms with Crippen molar-refractivity contribution < 1.29 is 9.53 Å². The van der Waals surface area contributed by atoms with Crippen LogP contribution in [0.3, 0.4) is 0 Å². The van der Waals surface area contributed by atoms with Crippen LogP contribution in [0.2, 0.25) is 0 Å². The molecule has 5 heteroatoms. The zero-order valence-electron chi connectivity index (χ0n) is 10.9. The number of hydrogen-bond donors (Lipinski definition) is 1. The fourth-order valence-corrected chi connectivity index (χ4v) is 2.68. The minimum atomic E-state index is -0.0695. The summed E-state index contributed by atoms with van der Waals surface area (Å²) in [5.41, 5.74) is 7.20. The molecule has 0 radical (unpaired) electrons. The highest BCUT2D eigenvalue weighted by Crippen LogP contribution is 2.28. The summed E-state index contributed by atoms with van der Waals surface area (Å²) in [6.07, 6.45) is 0. The molecule has 0 atom stereocenters. The molecule has 0 bridgehead atoms. The molecular formula is C14H16N2O2S. The number of methoxy groups -OCH3 is 1. The molecule has 2 rings (SSSR count). The number of rotatable bonds is 4. The molecule has 0 aliphatic rings. The Kier molecular flexibility index (Phi) is 4.06. The fraction of sp³-hybridized carbons (Fsp3) is 0.214. The molecule has 100 valence electrons. The molecule has 0 unspecified atom stereocenters. The first kappa shape index (κ1) is 13.4. The van der Waals surface area contributed by atoms with E-state index in [0.717, 1.165) is 5.69 Å². The summed E-state index contributed by atoms with van der Waals surface area (Å²) in [5.74, 6) is 0.539.